The molecule has 0 amide bonds. The van der Waals surface area contributed by atoms with Gasteiger partial charge < -0.3 is 0 Å². The van der Waals surface area contributed by atoms with Crippen molar-refractivity contribution in [1.29, 1.82) is 0 Å². The number of sulfonamides is 1. The summed E-state index contributed by atoms with van der Waals surface area (Å²) in [7, 11) is -3.39. The Labute approximate surface area is 104 Å². The molecule has 16 heavy (non-hydrogen) atoms. The van der Waals surface area contributed by atoms with E-state index in [0.717, 1.165) is 12.8 Å². The van der Waals surface area contributed by atoms with Crippen molar-refractivity contribution in [2.75, 3.05) is 0 Å². The molecule has 1 atom stereocenters. The summed E-state index contributed by atoms with van der Waals surface area (Å²) in [6, 6.07) is 6.88. The number of hydrogen-bond acceptors (Lipinski definition) is 2. The van der Waals surface area contributed by atoms with Crippen LogP contribution in [0.25, 0.3) is 0 Å². The van der Waals surface area contributed by atoms with Crippen molar-refractivity contribution in [1.82, 2.24) is 4.72 Å². The second kappa shape index (κ2) is 4.47. The van der Waals surface area contributed by atoms with Crippen molar-refractivity contribution in [3.63, 3.8) is 0 Å². The van der Waals surface area contributed by atoms with Crippen molar-refractivity contribution >= 4 is 26.0 Å². The molecular formula is C11H14BrNO2S. The Kier molecular flexibility index (Phi) is 3.37. The number of benzene rings is 1. The van der Waals surface area contributed by atoms with E-state index in [0.29, 0.717) is 15.3 Å². The van der Waals surface area contributed by atoms with Crippen molar-refractivity contribution in [2.45, 2.75) is 30.7 Å². The minimum atomic E-state index is -3.39. The van der Waals surface area contributed by atoms with Crippen LogP contribution in [0.1, 0.15) is 19.8 Å². The summed E-state index contributed by atoms with van der Waals surface area (Å²) in [6.45, 7) is 1.92. The largest absolute Gasteiger partial charge is 0.241 e. The third kappa shape index (κ3) is 2.64. The van der Waals surface area contributed by atoms with Crippen LogP contribution in [0.4, 0.5) is 0 Å². The molecule has 0 spiro atoms. The molecule has 0 saturated heterocycles. The summed E-state index contributed by atoms with van der Waals surface area (Å²) in [4.78, 5) is 0.308. The highest BCUT2D eigenvalue weighted by atomic mass is 79.9. The lowest BCUT2D eigenvalue weighted by atomic mass is 10.2. The third-order valence-electron chi connectivity index (χ3n) is 2.80. The van der Waals surface area contributed by atoms with Crippen LogP contribution >= 0.6 is 15.9 Å². The maximum atomic E-state index is 12.1. The van der Waals surface area contributed by atoms with Crippen molar-refractivity contribution in [3.8, 4) is 0 Å². The monoisotopic (exact) mass is 303 g/mol. The van der Waals surface area contributed by atoms with Crippen LogP contribution in [0, 0.1) is 5.92 Å². The van der Waals surface area contributed by atoms with E-state index >= 15 is 0 Å². The predicted octanol–water partition coefficient (Wildman–Crippen LogP) is 2.53. The van der Waals surface area contributed by atoms with E-state index in [-0.39, 0.29) is 6.04 Å². The molecule has 1 N–H and O–H groups in total. The first kappa shape index (κ1) is 12.1. The number of halogens is 1. The summed E-state index contributed by atoms with van der Waals surface area (Å²) in [5, 5.41) is 0. The van der Waals surface area contributed by atoms with Gasteiger partial charge in [0.2, 0.25) is 10.0 Å². The number of nitrogens with one attached hydrogen (secondary N) is 1. The smallest absolute Gasteiger partial charge is 0.208 e. The van der Waals surface area contributed by atoms with Crippen LogP contribution in [-0.4, -0.2) is 14.5 Å². The molecule has 0 aliphatic heterocycles. The molecule has 0 bridgehead atoms. The average Bonchev–Trinajstić information content (AvgIpc) is 3.00. The zero-order chi connectivity index (χ0) is 11.8. The first-order valence-electron chi connectivity index (χ1n) is 5.27. The third-order valence-corrected chi connectivity index (χ3v) is 5.37. The van der Waals surface area contributed by atoms with E-state index in [4.69, 9.17) is 0 Å². The maximum absolute atomic E-state index is 12.1. The van der Waals surface area contributed by atoms with Gasteiger partial charge in [-0.15, -0.1) is 0 Å². The van der Waals surface area contributed by atoms with Gasteiger partial charge in [-0.3, -0.25) is 0 Å². The number of rotatable bonds is 4. The molecule has 3 nitrogen and oxygen atoms in total. The fourth-order valence-electron chi connectivity index (χ4n) is 1.66. The standard InChI is InChI=1S/C11H14BrNO2S/c1-8(9-6-7-9)13-16(14,15)11-5-3-2-4-10(11)12/h2-5,8-9,13H,6-7H2,1H3/t8-/m0/s1. The lowest BCUT2D eigenvalue weighted by molar-refractivity contribution is 0.537. The Morgan fingerprint density at radius 2 is 2.00 bits per heavy atom. The average molecular weight is 304 g/mol. The molecule has 2 rings (SSSR count). The first-order chi connectivity index (χ1) is 7.50. The van der Waals surface area contributed by atoms with Gasteiger partial charge in [-0.25, -0.2) is 13.1 Å². The highest BCUT2D eigenvalue weighted by molar-refractivity contribution is 9.10. The van der Waals surface area contributed by atoms with Crippen LogP contribution in [0.3, 0.4) is 0 Å². The van der Waals surface area contributed by atoms with Crippen molar-refractivity contribution < 1.29 is 8.42 Å². The summed E-state index contributed by atoms with van der Waals surface area (Å²) in [5.74, 6) is 0.511. The van der Waals surface area contributed by atoms with Gasteiger partial charge in [0.05, 0.1) is 4.90 Å². The Balaban J connectivity index is 2.21. The molecule has 1 aliphatic rings. The summed E-state index contributed by atoms with van der Waals surface area (Å²) >= 11 is 3.26. The van der Waals surface area contributed by atoms with Crippen LogP contribution in [-0.2, 0) is 10.0 Å². The summed E-state index contributed by atoms with van der Waals surface area (Å²) in [5.41, 5.74) is 0. The Morgan fingerprint density at radius 3 is 2.56 bits per heavy atom. The summed E-state index contributed by atoms with van der Waals surface area (Å²) in [6.07, 6.45) is 2.25. The van der Waals surface area contributed by atoms with Gasteiger partial charge in [-0.1, -0.05) is 12.1 Å². The topological polar surface area (TPSA) is 46.2 Å². The Morgan fingerprint density at radius 1 is 1.38 bits per heavy atom. The quantitative estimate of drug-likeness (QED) is 0.929. The second-order valence-corrected chi connectivity index (χ2v) is 6.71. The summed E-state index contributed by atoms with van der Waals surface area (Å²) < 4.78 is 27.4. The van der Waals surface area contributed by atoms with Gasteiger partial charge in [0, 0.05) is 10.5 Å². The highest BCUT2D eigenvalue weighted by Gasteiger charge is 2.31. The lowest BCUT2D eigenvalue weighted by Gasteiger charge is -2.14. The maximum Gasteiger partial charge on any atom is 0.241 e. The van der Waals surface area contributed by atoms with Gasteiger partial charge in [0.15, 0.2) is 0 Å². The minimum Gasteiger partial charge on any atom is -0.208 e. The highest BCUT2D eigenvalue weighted by Crippen LogP contribution is 2.33. The van der Waals surface area contributed by atoms with Gasteiger partial charge in [0.25, 0.3) is 0 Å². The van der Waals surface area contributed by atoms with Crippen molar-refractivity contribution in [3.05, 3.63) is 28.7 Å². The molecule has 5 heteroatoms. The molecule has 0 aromatic heterocycles. The van der Waals surface area contributed by atoms with Crippen LogP contribution in [0.15, 0.2) is 33.6 Å². The number of hydrogen-bond donors (Lipinski definition) is 1. The molecule has 1 aromatic rings. The van der Waals surface area contributed by atoms with E-state index in [9.17, 15) is 8.42 Å². The predicted molar refractivity (Wildman–Crippen MR) is 66.6 cm³/mol. The zero-order valence-electron chi connectivity index (χ0n) is 8.98. The molecule has 0 radical (unpaired) electrons. The SMILES string of the molecule is C[C@H](NS(=O)(=O)c1ccccc1Br)C1CC1. The fourth-order valence-corrected chi connectivity index (χ4v) is 3.98. The van der Waals surface area contributed by atoms with Crippen molar-refractivity contribution in [2.24, 2.45) is 5.92 Å². The molecular weight excluding hydrogens is 290 g/mol. The van der Waals surface area contributed by atoms with Crippen LogP contribution in [0.2, 0.25) is 0 Å². The molecule has 1 aromatic carbocycles. The van der Waals surface area contributed by atoms with Gasteiger partial charge >= 0.3 is 0 Å². The van der Waals surface area contributed by atoms with Gasteiger partial charge in [-0.05, 0) is 53.7 Å². The lowest BCUT2D eigenvalue weighted by Crippen LogP contribution is -2.34. The normalized spacial score (nSPS) is 18.4. The molecule has 1 saturated carbocycles. The van der Waals surface area contributed by atoms with Crippen LogP contribution in [0.5, 0.6) is 0 Å². The van der Waals surface area contributed by atoms with E-state index in [1.807, 2.05) is 6.92 Å². The molecule has 1 fully saturated rings. The van der Waals surface area contributed by atoms with Gasteiger partial charge in [-0.2, -0.15) is 0 Å². The van der Waals surface area contributed by atoms with E-state index < -0.39 is 10.0 Å². The molecule has 0 heterocycles. The Hall–Kier alpha value is -0.390. The van der Waals surface area contributed by atoms with Crippen LogP contribution < -0.4 is 4.72 Å². The van der Waals surface area contributed by atoms with Gasteiger partial charge in [0.1, 0.15) is 0 Å². The van der Waals surface area contributed by atoms with E-state index in [1.54, 1.807) is 24.3 Å². The first-order valence-corrected chi connectivity index (χ1v) is 7.55. The zero-order valence-corrected chi connectivity index (χ0v) is 11.4. The molecule has 88 valence electrons. The Bertz CT molecular complexity index is 483. The van der Waals surface area contributed by atoms with E-state index in [2.05, 4.69) is 20.7 Å². The second-order valence-electron chi connectivity index (χ2n) is 4.18. The van der Waals surface area contributed by atoms with E-state index in [1.165, 1.54) is 0 Å². The minimum absolute atomic E-state index is 0.0251. The fraction of sp³-hybridized carbons (Fsp3) is 0.455. The molecule has 0 unspecified atom stereocenters. The molecule has 1 aliphatic carbocycles.